The van der Waals surface area contributed by atoms with Crippen molar-refractivity contribution in [3.63, 3.8) is 0 Å². The molecule has 1 unspecified atom stereocenters. The lowest BCUT2D eigenvalue weighted by Crippen LogP contribution is -2.08. The number of hydrogen-bond donors (Lipinski definition) is 0. The van der Waals surface area contributed by atoms with Crippen molar-refractivity contribution in [2.24, 2.45) is 0 Å². The van der Waals surface area contributed by atoms with Gasteiger partial charge >= 0.3 is 0 Å². The molecule has 7 rings (SSSR count). The van der Waals surface area contributed by atoms with Crippen molar-refractivity contribution in [1.82, 2.24) is 4.57 Å². The standard InChI is InChI=1S/C38H33NS/c1-2-29-22-24-33(25-23-29)40(31-16-8-4-9-17-31,32-18-10-5-11-19-32)34-26-27-38-36(28-34)35-20-12-13-21-37(35)39(38)30-14-6-3-7-15-30/h3-10,12-18,20-28H,2,11,19H2,1H3. The molecular formula is C38H33NS. The highest BCUT2D eigenvalue weighted by Crippen LogP contribution is 2.74. The highest BCUT2D eigenvalue weighted by molar-refractivity contribution is 8.37. The average molecular weight is 536 g/mol. The van der Waals surface area contributed by atoms with Gasteiger partial charge in [-0.15, -0.1) is 10.0 Å². The van der Waals surface area contributed by atoms with E-state index in [2.05, 4.69) is 157 Å². The van der Waals surface area contributed by atoms with Crippen LogP contribution >= 0.6 is 10.0 Å². The molecule has 196 valence electrons. The highest BCUT2D eigenvalue weighted by atomic mass is 32.3. The summed E-state index contributed by atoms with van der Waals surface area (Å²) in [6.45, 7) is 2.23. The van der Waals surface area contributed by atoms with Crippen molar-refractivity contribution in [3.05, 3.63) is 156 Å². The van der Waals surface area contributed by atoms with Crippen LogP contribution in [0.3, 0.4) is 0 Å². The minimum absolute atomic E-state index is 1.05. The third kappa shape index (κ3) is 3.94. The lowest BCUT2D eigenvalue weighted by Gasteiger charge is -2.44. The largest absolute Gasteiger partial charge is 0.309 e. The summed E-state index contributed by atoms with van der Waals surface area (Å²) in [6, 6.07) is 47.6. The van der Waals surface area contributed by atoms with E-state index in [-0.39, 0.29) is 0 Å². The van der Waals surface area contributed by atoms with E-state index in [0.717, 1.165) is 19.3 Å². The van der Waals surface area contributed by atoms with Crippen molar-refractivity contribution in [3.8, 4) is 5.69 Å². The van der Waals surface area contributed by atoms with Crippen molar-refractivity contribution < 1.29 is 0 Å². The van der Waals surface area contributed by atoms with E-state index in [0.29, 0.717) is 0 Å². The fourth-order valence-electron chi connectivity index (χ4n) is 6.25. The molecule has 0 N–H and O–H groups in total. The molecule has 0 aliphatic heterocycles. The number of aryl methyl sites for hydroxylation is 1. The molecule has 1 heterocycles. The molecule has 0 radical (unpaired) electrons. The zero-order chi connectivity index (χ0) is 26.9. The Hall–Kier alpha value is -4.27. The summed E-state index contributed by atoms with van der Waals surface area (Å²) < 4.78 is 2.41. The van der Waals surface area contributed by atoms with Crippen molar-refractivity contribution in [1.29, 1.82) is 0 Å². The smallest absolute Gasteiger partial charge is 0.0541 e. The van der Waals surface area contributed by atoms with Gasteiger partial charge in [-0.3, -0.25) is 0 Å². The van der Waals surface area contributed by atoms with Crippen LogP contribution in [0.1, 0.15) is 25.3 Å². The third-order valence-electron chi connectivity index (χ3n) is 8.16. The number of aromatic nitrogens is 1. The lowest BCUT2D eigenvalue weighted by molar-refractivity contribution is 1.01. The summed E-state index contributed by atoms with van der Waals surface area (Å²) in [5.41, 5.74) is 5.06. The third-order valence-corrected chi connectivity index (χ3v) is 12.2. The molecule has 0 saturated carbocycles. The van der Waals surface area contributed by atoms with E-state index in [4.69, 9.17) is 0 Å². The Bertz CT molecular complexity index is 1860. The number of rotatable bonds is 6. The molecular weight excluding hydrogens is 502 g/mol. The monoisotopic (exact) mass is 535 g/mol. The molecule has 1 aromatic heterocycles. The molecule has 1 nitrogen and oxygen atoms in total. The summed E-state index contributed by atoms with van der Waals surface area (Å²) in [5.74, 6) is 0. The van der Waals surface area contributed by atoms with Crippen LogP contribution in [0.25, 0.3) is 27.5 Å². The molecule has 40 heavy (non-hydrogen) atoms. The maximum absolute atomic E-state index is 2.51. The van der Waals surface area contributed by atoms with Crippen LogP contribution in [0.15, 0.2) is 165 Å². The summed E-state index contributed by atoms with van der Waals surface area (Å²) in [5, 5.41) is 2.60. The zero-order valence-electron chi connectivity index (χ0n) is 22.8. The molecule has 1 aliphatic rings. The minimum atomic E-state index is -1.67. The molecule has 1 atom stereocenters. The molecule has 1 aliphatic carbocycles. The Morgan fingerprint density at radius 3 is 2.00 bits per heavy atom. The van der Waals surface area contributed by atoms with Gasteiger partial charge in [-0.2, -0.15) is 0 Å². The van der Waals surface area contributed by atoms with Crippen molar-refractivity contribution in [2.45, 2.75) is 40.9 Å². The Balaban J connectivity index is 1.58. The Morgan fingerprint density at radius 1 is 0.625 bits per heavy atom. The number of fused-ring (bicyclic) bond motifs is 3. The average Bonchev–Trinajstić information content (AvgIpc) is 3.37. The molecule has 0 fully saturated rings. The molecule has 0 spiro atoms. The first-order valence-corrected chi connectivity index (χ1v) is 15.9. The number of hydrogen-bond acceptors (Lipinski definition) is 0. The van der Waals surface area contributed by atoms with E-state index in [1.165, 1.54) is 52.6 Å². The summed E-state index contributed by atoms with van der Waals surface area (Å²) >= 11 is 0. The van der Waals surface area contributed by atoms with Gasteiger partial charge in [-0.1, -0.05) is 91.9 Å². The normalized spacial score (nSPS) is 15.6. The molecule has 6 aromatic rings. The van der Waals surface area contributed by atoms with Gasteiger partial charge < -0.3 is 4.57 Å². The lowest BCUT2D eigenvalue weighted by atomic mass is 10.1. The second kappa shape index (κ2) is 10.4. The second-order valence-electron chi connectivity index (χ2n) is 10.4. The summed E-state index contributed by atoms with van der Waals surface area (Å²) in [7, 11) is -1.67. The topological polar surface area (TPSA) is 4.93 Å². The van der Waals surface area contributed by atoms with Crippen LogP contribution in [0.2, 0.25) is 0 Å². The first kappa shape index (κ1) is 24.7. The Kier molecular flexibility index (Phi) is 6.42. The van der Waals surface area contributed by atoms with Crippen molar-refractivity contribution >= 4 is 31.8 Å². The minimum Gasteiger partial charge on any atom is -0.309 e. The maximum Gasteiger partial charge on any atom is 0.0541 e. The highest BCUT2D eigenvalue weighted by Gasteiger charge is 2.35. The van der Waals surface area contributed by atoms with Crippen LogP contribution in [-0.4, -0.2) is 4.57 Å². The molecule has 0 amide bonds. The number of nitrogens with zero attached hydrogens (tertiary/aromatic N) is 1. The predicted molar refractivity (Wildman–Crippen MR) is 172 cm³/mol. The predicted octanol–water partition coefficient (Wildman–Crippen LogP) is 10.9. The van der Waals surface area contributed by atoms with Gasteiger partial charge in [0.2, 0.25) is 0 Å². The molecule has 0 saturated heterocycles. The van der Waals surface area contributed by atoms with E-state index < -0.39 is 10.0 Å². The fraction of sp³-hybridized carbons (Fsp3) is 0.105. The fourth-order valence-corrected chi connectivity index (χ4v) is 10.4. The van der Waals surface area contributed by atoms with Crippen LogP contribution in [0, 0.1) is 0 Å². The molecule has 2 heteroatoms. The first-order chi connectivity index (χ1) is 19.8. The van der Waals surface area contributed by atoms with Gasteiger partial charge in [0.05, 0.1) is 11.0 Å². The quantitative estimate of drug-likeness (QED) is 0.200. The molecule has 5 aromatic carbocycles. The Morgan fingerprint density at radius 2 is 1.27 bits per heavy atom. The van der Waals surface area contributed by atoms with Crippen molar-refractivity contribution in [2.75, 3.05) is 0 Å². The maximum atomic E-state index is 2.51. The van der Waals surface area contributed by atoms with Gasteiger partial charge in [-0.05, 0) is 90.4 Å². The first-order valence-electron chi connectivity index (χ1n) is 14.2. The van der Waals surface area contributed by atoms with Gasteiger partial charge in [0.15, 0.2) is 0 Å². The number of benzene rings is 5. The number of para-hydroxylation sites is 2. The van der Waals surface area contributed by atoms with Gasteiger partial charge in [0.25, 0.3) is 0 Å². The van der Waals surface area contributed by atoms with Gasteiger partial charge in [-0.25, -0.2) is 0 Å². The van der Waals surface area contributed by atoms with Crippen LogP contribution in [0.5, 0.6) is 0 Å². The molecule has 0 bridgehead atoms. The van der Waals surface area contributed by atoms with Gasteiger partial charge in [0.1, 0.15) is 0 Å². The van der Waals surface area contributed by atoms with Gasteiger partial charge in [0, 0.05) is 31.1 Å². The second-order valence-corrected chi connectivity index (χ2v) is 13.6. The van der Waals surface area contributed by atoms with Crippen LogP contribution in [0.4, 0.5) is 0 Å². The zero-order valence-corrected chi connectivity index (χ0v) is 23.6. The van der Waals surface area contributed by atoms with E-state index in [9.17, 15) is 0 Å². The van der Waals surface area contributed by atoms with E-state index >= 15 is 0 Å². The Labute approximate surface area is 238 Å². The van der Waals surface area contributed by atoms with Crippen LogP contribution in [-0.2, 0) is 6.42 Å². The number of allylic oxidation sites excluding steroid dienone is 4. The summed E-state index contributed by atoms with van der Waals surface area (Å²) in [4.78, 5) is 5.72. The van der Waals surface area contributed by atoms with E-state index in [1.54, 1.807) is 0 Å². The van der Waals surface area contributed by atoms with E-state index in [1.807, 2.05) is 0 Å². The van der Waals surface area contributed by atoms with Crippen LogP contribution < -0.4 is 0 Å². The summed E-state index contributed by atoms with van der Waals surface area (Å²) in [6.07, 6.45) is 10.2. The SMILES string of the molecule is CCc1ccc(S(C2=CC=CCC2)(c2ccccc2)c2ccc3c(c2)c2ccccc2n3-c2ccccc2)cc1.